The number of sulfonamides is 1. The van der Waals surface area contributed by atoms with Crippen molar-refractivity contribution in [1.29, 1.82) is 0 Å². The molecule has 3 rings (SSSR count). The van der Waals surface area contributed by atoms with Gasteiger partial charge < -0.3 is 14.3 Å². The Morgan fingerprint density at radius 3 is 2.16 bits per heavy atom. The third-order valence-electron chi connectivity index (χ3n) is 5.66. The zero-order valence-corrected chi connectivity index (χ0v) is 21.8. The number of ether oxygens (including phenoxy) is 1. The number of anilines is 1. The largest absolute Gasteiger partial charge is 0.487 e. The summed E-state index contributed by atoms with van der Waals surface area (Å²) < 4.78 is 79.9. The Morgan fingerprint density at radius 1 is 1.05 bits per heavy atom. The van der Waals surface area contributed by atoms with Crippen LogP contribution < -0.4 is 9.04 Å². The van der Waals surface area contributed by atoms with Crippen molar-refractivity contribution in [3.05, 3.63) is 76.0 Å². The summed E-state index contributed by atoms with van der Waals surface area (Å²) in [6.07, 6.45) is -4.69. The van der Waals surface area contributed by atoms with Crippen LogP contribution in [0.2, 0.25) is 0 Å². The van der Waals surface area contributed by atoms with Gasteiger partial charge in [-0.05, 0) is 85.8 Å². The molecule has 0 aliphatic rings. The molecule has 0 aliphatic heterocycles. The van der Waals surface area contributed by atoms with Crippen LogP contribution in [0.5, 0.6) is 5.75 Å². The fourth-order valence-corrected chi connectivity index (χ4v) is 5.42. The van der Waals surface area contributed by atoms with E-state index in [1.165, 1.54) is 24.3 Å². The molecular weight excluding hydrogens is 511 g/mol. The van der Waals surface area contributed by atoms with E-state index >= 15 is 0 Å². The van der Waals surface area contributed by atoms with Gasteiger partial charge in [-0.3, -0.25) is 4.31 Å². The van der Waals surface area contributed by atoms with Crippen LogP contribution in [-0.4, -0.2) is 26.0 Å². The maximum atomic E-state index is 13.6. The smallest absolute Gasteiger partial charge is 0.416 e. The van der Waals surface area contributed by atoms with Crippen LogP contribution in [-0.2, 0) is 22.8 Å². The van der Waals surface area contributed by atoms with Crippen LogP contribution in [0.1, 0.15) is 52.2 Å². The second-order valence-electron chi connectivity index (χ2n) is 9.16. The fourth-order valence-electron chi connectivity index (χ4n) is 3.82. The summed E-state index contributed by atoms with van der Waals surface area (Å²) in [6, 6.07) is 8.29. The van der Waals surface area contributed by atoms with Gasteiger partial charge in [-0.15, -0.1) is 0 Å². The molecule has 1 aromatic heterocycles. The van der Waals surface area contributed by atoms with Crippen molar-refractivity contribution in [2.45, 2.75) is 52.5 Å². The van der Waals surface area contributed by atoms with Crippen LogP contribution in [0.25, 0.3) is 0 Å². The van der Waals surface area contributed by atoms with Crippen molar-refractivity contribution >= 4 is 21.7 Å². The molecule has 0 aliphatic carbocycles. The Bertz CT molecular complexity index is 1390. The Balaban J connectivity index is 2.12. The topological polar surface area (TPSA) is 97.0 Å². The molecule has 0 atom stereocenters. The first-order chi connectivity index (χ1) is 17.1. The molecule has 0 radical (unpaired) electrons. The van der Waals surface area contributed by atoms with Crippen molar-refractivity contribution in [3.63, 3.8) is 0 Å². The maximum absolute atomic E-state index is 13.6. The minimum atomic E-state index is -4.69. The fraction of sp³-hybridized carbons (Fsp3) is 0.346. The molecule has 37 heavy (non-hydrogen) atoms. The molecule has 11 heteroatoms. The van der Waals surface area contributed by atoms with E-state index < -0.39 is 27.7 Å². The number of furan rings is 1. The summed E-state index contributed by atoms with van der Waals surface area (Å²) >= 11 is 0. The number of carboxylic acids is 1. The lowest BCUT2D eigenvalue weighted by Gasteiger charge is -2.27. The SMILES string of the molecule is Cc1ccc(S(=O)(=O)N(CC(C)C)c2ccc(C(F)(F)F)cc2OCc2c(C)cc(C(=O)O)cc2C)o1. The summed E-state index contributed by atoms with van der Waals surface area (Å²) in [4.78, 5) is 11.3. The third-order valence-corrected chi connectivity index (χ3v) is 7.32. The molecule has 7 nitrogen and oxygen atoms in total. The standard InChI is InChI=1S/C26H28F3NO6S/c1-15(2)13-30(37(33,34)24-9-6-18(5)36-24)22-8-7-20(26(27,28)29)12-23(22)35-14-21-16(3)10-19(25(31)32)11-17(21)4/h6-12,15H,13-14H2,1-5H3,(H,31,32). The number of nitrogens with zero attached hydrogens (tertiary/aromatic N) is 1. The van der Waals surface area contributed by atoms with Gasteiger partial charge in [0.1, 0.15) is 18.1 Å². The van der Waals surface area contributed by atoms with Crippen LogP contribution in [0.4, 0.5) is 18.9 Å². The van der Waals surface area contributed by atoms with Crippen LogP contribution in [0, 0.1) is 26.7 Å². The number of hydrogen-bond donors (Lipinski definition) is 1. The average Bonchev–Trinajstić information content (AvgIpc) is 3.23. The molecule has 0 amide bonds. The van der Waals surface area contributed by atoms with E-state index in [2.05, 4.69) is 0 Å². The van der Waals surface area contributed by atoms with E-state index in [9.17, 15) is 31.5 Å². The molecule has 0 saturated heterocycles. The monoisotopic (exact) mass is 539 g/mol. The van der Waals surface area contributed by atoms with Gasteiger partial charge in [0.2, 0.25) is 5.09 Å². The number of carbonyl (C=O) groups is 1. The Hall–Kier alpha value is -3.47. The van der Waals surface area contributed by atoms with Crippen molar-refractivity contribution < 1.29 is 40.6 Å². The normalized spacial score (nSPS) is 12.1. The lowest BCUT2D eigenvalue weighted by molar-refractivity contribution is -0.137. The second-order valence-corrected chi connectivity index (χ2v) is 11.0. The highest BCUT2D eigenvalue weighted by atomic mass is 32.2. The zero-order valence-electron chi connectivity index (χ0n) is 21.0. The van der Waals surface area contributed by atoms with Gasteiger partial charge in [-0.25, -0.2) is 4.79 Å². The predicted molar refractivity (Wildman–Crippen MR) is 131 cm³/mol. The van der Waals surface area contributed by atoms with Crippen molar-refractivity contribution in [2.24, 2.45) is 5.92 Å². The molecule has 0 saturated carbocycles. The molecule has 0 spiro atoms. The minimum Gasteiger partial charge on any atom is -0.487 e. The van der Waals surface area contributed by atoms with Crippen LogP contribution >= 0.6 is 0 Å². The molecule has 0 unspecified atom stereocenters. The van der Waals surface area contributed by atoms with Crippen molar-refractivity contribution in [3.8, 4) is 5.75 Å². The molecule has 200 valence electrons. The lowest BCUT2D eigenvalue weighted by atomic mass is 10.00. The van der Waals surface area contributed by atoms with E-state index in [4.69, 9.17) is 9.15 Å². The highest BCUT2D eigenvalue weighted by Crippen LogP contribution is 2.39. The number of carboxylic acid groups (broad SMARTS) is 1. The number of hydrogen-bond acceptors (Lipinski definition) is 5. The van der Waals surface area contributed by atoms with Crippen LogP contribution in [0.3, 0.4) is 0 Å². The van der Waals surface area contributed by atoms with Crippen molar-refractivity contribution in [1.82, 2.24) is 0 Å². The van der Waals surface area contributed by atoms with Crippen LogP contribution in [0.15, 0.2) is 52.0 Å². The maximum Gasteiger partial charge on any atom is 0.416 e. The van der Waals surface area contributed by atoms with Gasteiger partial charge in [0.25, 0.3) is 10.0 Å². The van der Waals surface area contributed by atoms with E-state index in [0.29, 0.717) is 22.5 Å². The van der Waals surface area contributed by atoms with Gasteiger partial charge >= 0.3 is 12.1 Å². The van der Waals surface area contributed by atoms with Gasteiger partial charge in [0.15, 0.2) is 0 Å². The molecule has 2 aromatic carbocycles. The zero-order chi connectivity index (χ0) is 27.7. The Kier molecular flexibility index (Phi) is 7.97. The number of benzene rings is 2. The number of aromatic carboxylic acids is 1. The van der Waals surface area contributed by atoms with E-state index in [0.717, 1.165) is 22.5 Å². The van der Waals surface area contributed by atoms with Gasteiger partial charge in [0, 0.05) is 6.54 Å². The first kappa shape index (κ1) is 28.1. The van der Waals surface area contributed by atoms with Gasteiger partial charge in [0.05, 0.1) is 16.8 Å². The van der Waals surface area contributed by atoms with Gasteiger partial charge in [-0.2, -0.15) is 21.6 Å². The van der Waals surface area contributed by atoms with Gasteiger partial charge in [-0.1, -0.05) is 13.8 Å². The molecule has 0 bridgehead atoms. The minimum absolute atomic E-state index is 0.0465. The number of halogens is 3. The lowest BCUT2D eigenvalue weighted by Crippen LogP contribution is -2.34. The molecule has 3 aromatic rings. The average molecular weight is 540 g/mol. The Labute approximate surface area is 213 Å². The predicted octanol–water partition coefficient (Wildman–Crippen LogP) is 6.35. The summed E-state index contributed by atoms with van der Waals surface area (Å²) in [5.74, 6) is -1.22. The second kappa shape index (κ2) is 10.5. The number of aryl methyl sites for hydroxylation is 3. The third kappa shape index (κ3) is 6.27. The number of rotatable bonds is 9. The van der Waals surface area contributed by atoms with E-state index in [1.54, 1.807) is 34.6 Å². The summed E-state index contributed by atoms with van der Waals surface area (Å²) in [7, 11) is -4.27. The highest BCUT2D eigenvalue weighted by Gasteiger charge is 2.35. The quantitative estimate of drug-likeness (QED) is 0.340. The molecular formula is C26H28F3NO6S. The summed E-state index contributed by atoms with van der Waals surface area (Å²) in [5, 5.41) is 8.93. The van der Waals surface area contributed by atoms with Crippen molar-refractivity contribution in [2.75, 3.05) is 10.8 Å². The molecule has 1 N–H and O–H groups in total. The summed E-state index contributed by atoms with van der Waals surface area (Å²) in [6.45, 7) is 8.21. The molecule has 0 fully saturated rings. The highest BCUT2D eigenvalue weighted by molar-refractivity contribution is 7.92. The summed E-state index contributed by atoms with van der Waals surface area (Å²) in [5.41, 5.74) is 0.715. The first-order valence-corrected chi connectivity index (χ1v) is 12.8. The van der Waals surface area contributed by atoms with E-state index in [1.807, 2.05) is 0 Å². The number of alkyl halides is 3. The first-order valence-electron chi connectivity index (χ1n) is 11.4. The molecule has 1 heterocycles. The van der Waals surface area contributed by atoms with E-state index in [-0.39, 0.29) is 41.2 Å². The Morgan fingerprint density at radius 2 is 1.68 bits per heavy atom.